The molecule has 0 spiro atoms. The van der Waals surface area contributed by atoms with Crippen molar-refractivity contribution < 1.29 is 14.1 Å². The van der Waals surface area contributed by atoms with Crippen molar-refractivity contribution in [2.75, 3.05) is 7.11 Å². The monoisotopic (exact) mass is 273 g/mol. The fourth-order valence-corrected chi connectivity index (χ4v) is 1.93. The predicted octanol–water partition coefficient (Wildman–Crippen LogP) is 0.837. The molecule has 0 amide bonds. The SMILES string of the molecule is COC(=O)C(c1ccno1)n1cc2nc(C)nc-2cn1. The van der Waals surface area contributed by atoms with Gasteiger partial charge in [0.15, 0.2) is 5.76 Å². The highest BCUT2D eigenvalue weighted by Crippen LogP contribution is 2.22. The van der Waals surface area contributed by atoms with Crippen LogP contribution in [0.2, 0.25) is 0 Å². The lowest BCUT2D eigenvalue weighted by molar-refractivity contribution is -0.144. The molecule has 0 fully saturated rings. The standard InChI is InChI=1S/C12H11N5O3/c1-7-15-8-5-13-17(6-9(8)16-7)11(12(18)19-2)10-3-4-14-20-10/h3-6,11H,1-2H3. The smallest absolute Gasteiger partial charge is 0.338 e. The second kappa shape index (κ2) is 4.72. The number of fused-ring (bicyclic) bond motifs is 1. The molecule has 1 aromatic heterocycles. The largest absolute Gasteiger partial charge is 0.467 e. The Bertz CT molecular complexity index is 706. The van der Waals surface area contributed by atoms with Gasteiger partial charge in [-0.25, -0.2) is 19.4 Å². The summed E-state index contributed by atoms with van der Waals surface area (Å²) in [5, 5.41) is 7.77. The number of carbonyl (C=O) groups excluding carboxylic acids is 1. The summed E-state index contributed by atoms with van der Waals surface area (Å²) in [4.78, 5) is 20.4. The molecule has 1 unspecified atom stereocenters. The molecule has 0 aromatic carbocycles. The van der Waals surface area contributed by atoms with Crippen LogP contribution in [-0.4, -0.2) is 38.0 Å². The molecular weight excluding hydrogens is 262 g/mol. The normalized spacial score (nSPS) is 12.5. The second-order valence-electron chi connectivity index (χ2n) is 4.14. The minimum absolute atomic E-state index is 0.338. The Hall–Kier alpha value is -2.77. The first-order valence-electron chi connectivity index (χ1n) is 5.86. The van der Waals surface area contributed by atoms with E-state index in [1.165, 1.54) is 18.0 Å². The minimum Gasteiger partial charge on any atom is -0.467 e. The molecule has 1 atom stereocenters. The van der Waals surface area contributed by atoms with E-state index in [0.29, 0.717) is 23.0 Å². The third kappa shape index (κ3) is 2.00. The van der Waals surface area contributed by atoms with Crippen LogP contribution in [0.4, 0.5) is 0 Å². The molecule has 20 heavy (non-hydrogen) atoms. The highest BCUT2D eigenvalue weighted by atomic mass is 16.5. The Morgan fingerprint density at radius 3 is 2.90 bits per heavy atom. The Kier molecular flexibility index (Phi) is 2.90. The Morgan fingerprint density at radius 2 is 2.20 bits per heavy atom. The van der Waals surface area contributed by atoms with Gasteiger partial charge in [-0.15, -0.1) is 0 Å². The van der Waals surface area contributed by atoms with Gasteiger partial charge in [0.2, 0.25) is 6.04 Å². The maximum Gasteiger partial charge on any atom is 0.338 e. The summed E-state index contributed by atoms with van der Waals surface area (Å²) in [5.74, 6) is 0.480. The van der Waals surface area contributed by atoms with E-state index in [4.69, 9.17) is 9.26 Å². The first kappa shape index (κ1) is 12.3. The second-order valence-corrected chi connectivity index (χ2v) is 4.14. The first-order valence-corrected chi connectivity index (χ1v) is 5.86. The lowest BCUT2D eigenvalue weighted by atomic mass is 10.2. The fraction of sp³-hybridized carbons (Fsp3) is 0.250. The molecule has 8 nitrogen and oxygen atoms in total. The van der Waals surface area contributed by atoms with Crippen molar-refractivity contribution >= 4 is 5.97 Å². The van der Waals surface area contributed by atoms with Gasteiger partial charge in [-0.05, 0) is 6.92 Å². The van der Waals surface area contributed by atoms with Crippen molar-refractivity contribution in [1.82, 2.24) is 24.9 Å². The van der Waals surface area contributed by atoms with Gasteiger partial charge >= 0.3 is 5.97 Å². The van der Waals surface area contributed by atoms with Gasteiger partial charge in [0, 0.05) is 6.07 Å². The molecule has 1 aromatic rings. The number of esters is 1. The molecule has 0 radical (unpaired) electrons. The van der Waals surface area contributed by atoms with Gasteiger partial charge in [-0.1, -0.05) is 5.16 Å². The van der Waals surface area contributed by atoms with Gasteiger partial charge in [0.1, 0.15) is 17.2 Å². The predicted molar refractivity (Wildman–Crippen MR) is 65.8 cm³/mol. The van der Waals surface area contributed by atoms with Crippen molar-refractivity contribution in [2.24, 2.45) is 0 Å². The van der Waals surface area contributed by atoms with E-state index < -0.39 is 12.0 Å². The van der Waals surface area contributed by atoms with Crippen LogP contribution in [0.5, 0.6) is 0 Å². The topological polar surface area (TPSA) is 95.9 Å². The fourth-order valence-electron chi connectivity index (χ4n) is 1.93. The number of rotatable bonds is 3. The van der Waals surface area contributed by atoms with Crippen LogP contribution in [-0.2, 0) is 9.53 Å². The average molecular weight is 273 g/mol. The summed E-state index contributed by atoms with van der Waals surface area (Å²) in [6, 6.07) is 0.742. The molecule has 0 aliphatic carbocycles. The lowest BCUT2D eigenvalue weighted by Gasteiger charge is -2.14. The maximum atomic E-state index is 11.9. The zero-order valence-corrected chi connectivity index (χ0v) is 10.8. The summed E-state index contributed by atoms with van der Waals surface area (Å²) in [5.41, 5.74) is 1.31. The molecule has 102 valence electrons. The number of methoxy groups -OCH3 is 1. The molecular formula is C12H11N5O3. The van der Waals surface area contributed by atoms with E-state index in [1.54, 1.807) is 25.4 Å². The van der Waals surface area contributed by atoms with Crippen LogP contribution in [0.3, 0.4) is 0 Å². The third-order valence-electron chi connectivity index (χ3n) is 2.81. The first-order chi connectivity index (χ1) is 9.69. The number of aromatic nitrogens is 5. The number of imidazole rings is 1. The van der Waals surface area contributed by atoms with E-state index in [0.717, 1.165) is 0 Å². The van der Waals surface area contributed by atoms with Crippen LogP contribution in [0.15, 0.2) is 29.2 Å². The van der Waals surface area contributed by atoms with E-state index in [1.807, 2.05) is 0 Å². The summed E-state index contributed by atoms with van der Waals surface area (Å²) in [6.07, 6.45) is 4.62. The molecule has 3 heterocycles. The number of aryl methyl sites for hydroxylation is 1. The average Bonchev–Trinajstić information content (AvgIpc) is 3.06. The Morgan fingerprint density at radius 1 is 1.40 bits per heavy atom. The van der Waals surface area contributed by atoms with Gasteiger partial charge in [-0.3, -0.25) is 0 Å². The number of nitrogens with zero attached hydrogens (tertiary/aromatic N) is 5. The minimum atomic E-state index is -0.844. The van der Waals surface area contributed by atoms with E-state index in [-0.39, 0.29) is 0 Å². The van der Waals surface area contributed by atoms with Gasteiger partial charge in [0.25, 0.3) is 0 Å². The van der Waals surface area contributed by atoms with Crippen molar-refractivity contribution in [3.63, 3.8) is 0 Å². The van der Waals surface area contributed by atoms with Crippen molar-refractivity contribution in [2.45, 2.75) is 13.0 Å². The van der Waals surface area contributed by atoms with Crippen molar-refractivity contribution in [1.29, 1.82) is 0 Å². The van der Waals surface area contributed by atoms with Crippen LogP contribution in [0.1, 0.15) is 17.6 Å². The number of hydrogen-bond acceptors (Lipinski definition) is 7. The zero-order chi connectivity index (χ0) is 14.1. The third-order valence-corrected chi connectivity index (χ3v) is 2.81. The zero-order valence-electron chi connectivity index (χ0n) is 10.8. The molecule has 2 aliphatic heterocycles. The van der Waals surface area contributed by atoms with Crippen LogP contribution < -0.4 is 0 Å². The van der Waals surface area contributed by atoms with E-state index in [2.05, 4.69) is 20.2 Å². The van der Waals surface area contributed by atoms with E-state index in [9.17, 15) is 4.79 Å². The number of carbonyl (C=O) groups is 1. The maximum absolute atomic E-state index is 11.9. The lowest BCUT2D eigenvalue weighted by Crippen LogP contribution is -2.23. The molecule has 0 bridgehead atoms. The summed E-state index contributed by atoms with van der Waals surface area (Å²) < 4.78 is 11.2. The van der Waals surface area contributed by atoms with Gasteiger partial charge in [0.05, 0.1) is 25.7 Å². The summed E-state index contributed by atoms with van der Waals surface area (Å²) in [6.45, 7) is 1.79. The summed E-state index contributed by atoms with van der Waals surface area (Å²) >= 11 is 0. The molecule has 3 rings (SSSR count). The quantitative estimate of drug-likeness (QED) is 0.652. The van der Waals surface area contributed by atoms with Crippen LogP contribution in [0.25, 0.3) is 11.4 Å². The van der Waals surface area contributed by atoms with Gasteiger partial charge in [-0.2, -0.15) is 5.10 Å². The molecule has 8 heteroatoms. The van der Waals surface area contributed by atoms with Crippen molar-refractivity contribution in [3.8, 4) is 11.4 Å². The van der Waals surface area contributed by atoms with Crippen LogP contribution in [0, 0.1) is 6.92 Å². The number of hydrogen-bond donors (Lipinski definition) is 0. The van der Waals surface area contributed by atoms with Gasteiger partial charge < -0.3 is 9.26 Å². The molecule has 0 saturated carbocycles. The summed E-state index contributed by atoms with van der Waals surface area (Å²) in [7, 11) is 1.30. The number of ether oxygens (including phenoxy) is 1. The Labute approximate surface area is 113 Å². The molecule has 2 aliphatic rings. The highest BCUT2D eigenvalue weighted by Gasteiger charge is 2.28. The van der Waals surface area contributed by atoms with E-state index >= 15 is 0 Å². The molecule has 0 N–H and O–H groups in total. The van der Waals surface area contributed by atoms with Crippen molar-refractivity contribution in [3.05, 3.63) is 36.2 Å². The Balaban J connectivity index is 2.10. The van der Waals surface area contributed by atoms with Crippen LogP contribution >= 0.6 is 0 Å². The highest BCUT2D eigenvalue weighted by molar-refractivity contribution is 5.77. The molecule has 0 saturated heterocycles.